The molecular formula is C9H10Cl3NO. The van der Waals surface area contributed by atoms with E-state index in [1.807, 2.05) is 0 Å². The van der Waals surface area contributed by atoms with E-state index in [-0.39, 0.29) is 12.6 Å². The van der Waals surface area contributed by atoms with Gasteiger partial charge in [0.1, 0.15) is 0 Å². The van der Waals surface area contributed by atoms with Gasteiger partial charge in [0, 0.05) is 17.7 Å². The van der Waals surface area contributed by atoms with Crippen LogP contribution in [0.2, 0.25) is 15.1 Å². The van der Waals surface area contributed by atoms with Crippen LogP contribution in [0.5, 0.6) is 0 Å². The highest BCUT2D eigenvalue weighted by atomic mass is 35.5. The van der Waals surface area contributed by atoms with Crippen molar-refractivity contribution in [2.45, 2.75) is 12.5 Å². The Hall–Kier alpha value is 0.01000. The van der Waals surface area contributed by atoms with Gasteiger partial charge in [0.2, 0.25) is 0 Å². The predicted octanol–water partition coefficient (Wildman–Crippen LogP) is 3.03. The molecule has 0 aliphatic heterocycles. The molecule has 0 saturated heterocycles. The third-order valence-corrected chi connectivity index (χ3v) is 2.90. The van der Waals surface area contributed by atoms with E-state index < -0.39 is 0 Å². The number of aliphatic hydroxyl groups is 1. The van der Waals surface area contributed by atoms with Crippen LogP contribution < -0.4 is 5.73 Å². The van der Waals surface area contributed by atoms with Crippen molar-refractivity contribution < 1.29 is 5.11 Å². The third-order valence-electron chi connectivity index (χ3n) is 1.86. The molecule has 0 saturated carbocycles. The molecule has 0 spiro atoms. The molecular weight excluding hydrogens is 244 g/mol. The molecule has 2 nitrogen and oxygen atoms in total. The lowest BCUT2D eigenvalue weighted by Gasteiger charge is -2.13. The fourth-order valence-corrected chi connectivity index (χ4v) is 1.90. The molecule has 0 aliphatic carbocycles. The Morgan fingerprint density at radius 2 is 1.93 bits per heavy atom. The number of hydrogen-bond acceptors (Lipinski definition) is 2. The standard InChI is InChI=1S/C9H10Cl3NO/c10-5-3-6(8(13)1-2-14)9(12)7(11)4-5/h3-4,8,14H,1-2,13H2/t8-/m0/s1. The molecule has 0 aliphatic rings. The second kappa shape index (κ2) is 5.19. The summed E-state index contributed by atoms with van der Waals surface area (Å²) in [6.45, 7) is 0.00162. The molecule has 78 valence electrons. The molecule has 1 aromatic carbocycles. The van der Waals surface area contributed by atoms with Crippen LogP contribution in [0.3, 0.4) is 0 Å². The van der Waals surface area contributed by atoms with Gasteiger partial charge in [-0.05, 0) is 24.1 Å². The summed E-state index contributed by atoms with van der Waals surface area (Å²) in [5, 5.41) is 10.0. The van der Waals surface area contributed by atoms with Crippen molar-refractivity contribution in [2.24, 2.45) is 5.73 Å². The van der Waals surface area contributed by atoms with Crippen molar-refractivity contribution in [2.75, 3.05) is 6.61 Å². The van der Waals surface area contributed by atoms with Crippen LogP contribution in [0.15, 0.2) is 12.1 Å². The molecule has 1 atom stereocenters. The van der Waals surface area contributed by atoms with Gasteiger partial charge in [-0.15, -0.1) is 0 Å². The Balaban J connectivity index is 3.07. The van der Waals surface area contributed by atoms with Gasteiger partial charge in [0.05, 0.1) is 10.0 Å². The quantitative estimate of drug-likeness (QED) is 0.815. The highest BCUT2D eigenvalue weighted by Crippen LogP contribution is 2.33. The van der Waals surface area contributed by atoms with E-state index in [0.717, 1.165) is 0 Å². The van der Waals surface area contributed by atoms with Crippen molar-refractivity contribution in [3.63, 3.8) is 0 Å². The van der Waals surface area contributed by atoms with Gasteiger partial charge < -0.3 is 10.8 Å². The lowest BCUT2D eigenvalue weighted by Crippen LogP contribution is -2.12. The summed E-state index contributed by atoms with van der Waals surface area (Å²) in [5.41, 5.74) is 6.45. The maximum absolute atomic E-state index is 8.74. The van der Waals surface area contributed by atoms with Gasteiger partial charge in [0.15, 0.2) is 0 Å². The Labute approximate surface area is 97.6 Å². The Morgan fingerprint density at radius 3 is 2.50 bits per heavy atom. The first-order valence-electron chi connectivity index (χ1n) is 4.07. The summed E-state index contributed by atoms with van der Waals surface area (Å²) in [7, 11) is 0. The van der Waals surface area contributed by atoms with Crippen LogP contribution in [0.4, 0.5) is 0 Å². The zero-order valence-corrected chi connectivity index (χ0v) is 9.57. The first-order chi connectivity index (χ1) is 6.56. The Morgan fingerprint density at radius 1 is 1.29 bits per heavy atom. The monoisotopic (exact) mass is 253 g/mol. The maximum Gasteiger partial charge on any atom is 0.0641 e. The molecule has 0 heterocycles. The number of halogens is 3. The lowest BCUT2D eigenvalue weighted by molar-refractivity contribution is 0.276. The summed E-state index contributed by atoms with van der Waals surface area (Å²) in [5.74, 6) is 0. The predicted molar refractivity (Wildman–Crippen MR) is 60.1 cm³/mol. The van der Waals surface area contributed by atoms with Gasteiger partial charge in [0.25, 0.3) is 0 Å². The largest absolute Gasteiger partial charge is 0.396 e. The Kier molecular flexibility index (Phi) is 4.48. The number of rotatable bonds is 3. The summed E-state index contributed by atoms with van der Waals surface area (Å²) in [6, 6.07) is 2.88. The van der Waals surface area contributed by atoms with Crippen LogP contribution in [-0.4, -0.2) is 11.7 Å². The van der Waals surface area contributed by atoms with E-state index in [9.17, 15) is 0 Å². The smallest absolute Gasteiger partial charge is 0.0641 e. The molecule has 0 unspecified atom stereocenters. The minimum Gasteiger partial charge on any atom is -0.396 e. The molecule has 0 fully saturated rings. The second-order valence-corrected chi connectivity index (χ2v) is 4.13. The number of aliphatic hydroxyl groups excluding tert-OH is 1. The average Bonchev–Trinajstić information content (AvgIpc) is 2.11. The lowest BCUT2D eigenvalue weighted by atomic mass is 10.1. The van der Waals surface area contributed by atoms with E-state index in [2.05, 4.69) is 0 Å². The van der Waals surface area contributed by atoms with Gasteiger partial charge in [-0.2, -0.15) is 0 Å². The fourth-order valence-electron chi connectivity index (χ4n) is 1.14. The van der Waals surface area contributed by atoms with Crippen LogP contribution in [0.25, 0.3) is 0 Å². The topological polar surface area (TPSA) is 46.2 Å². The minimum atomic E-state index is -0.344. The summed E-state index contributed by atoms with van der Waals surface area (Å²) in [6.07, 6.45) is 0.427. The molecule has 3 N–H and O–H groups in total. The first-order valence-corrected chi connectivity index (χ1v) is 5.20. The highest BCUT2D eigenvalue weighted by molar-refractivity contribution is 6.43. The van der Waals surface area contributed by atoms with E-state index >= 15 is 0 Å². The molecule has 0 radical (unpaired) electrons. The molecule has 0 amide bonds. The van der Waals surface area contributed by atoms with Crippen LogP contribution >= 0.6 is 34.8 Å². The third kappa shape index (κ3) is 2.75. The zero-order chi connectivity index (χ0) is 10.7. The summed E-state index contributed by atoms with van der Waals surface area (Å²) >= 11 is 17.6. The van der Waals surface area contributed by atoms with Crippen LogP contribution in [-0.2, 0) is 0 Å². The SMILES string of the molecule is N[C@@H](CCO)c1cc(Cl)cc(Cl)c1Cl. The number of benzene rings is 1. The van der Waals surface area contributed by atoms with Gasteiger partial charge in [-0.3, -0.25) is 0 Å². The average molecular weight is 255 g/mol. The summed E-state index contributed by atoms with van der Waals surface area (Å²) < 4.78 is 0. The van der Waals surface area contributed by atoms with E-state index in [1.165, 1.54) is 0 Å². The number of nitrogens with two attached hydrogens (primary N) is 1. The van der Waals surface area contributed by atoms with Gasteiger partial charge in [-0.1, -0.05) is 34.8 Å². The van der Waals surface area contributed by atoms with Crippen LogP contribution in [0.1, 0.15) is 18.0 Å². The normalized spacial score (nSPS) is 12.9. The molecule has 0 bridgehead atoms. The Bertz CT molecular complexity index is 330. The van der Waals surface area contributed by atoms with E-state index in [4.69, 9.17) is 45.6 Å². The van der Waals surface area contributed by atoms with Crippen molar-refractivity contribution in [3.05, 3.63) is 32.8 Å². The fraction of sp³-hybridized carbons (Fsp3) is 0.333. The van der Waals surface area contributed by atoms with Crippen molar-refractivity contribution in [3.8, 4) is 0 Å². The maximum atomic E-state index is 8.74. The van der Waals surface area contributed by atoms with Gasteiger partial charge >= 0.3 is 0 Å². The summed E-state index contributed by atoms with van der Waals surface area (Å²) in [4.78, 5) is 0. The van der Waals surface area contributed by atoms with E-state index in [1.54, 1.807) is 12.1 Å². The van der Waals surface area contributed by atoms with Crippen molar-refractivity contribution in [1.82, 2.24) is 0 Å². The number of hydrogen-bond donors (Lipinski definition) is 2. The van der Waals surface area contributed by atoms with E-state index in [0.29, 0.717) is 27.1 Å². The van der Waals surface area contributed by atoms with Crippen molar-refractivity contribution in [1.29, 1.82) is 0 Å². The highest BCUT2D eigenvalue weighted by Gasteiger charge is 2.13. The van der Waals surface area contributed by atoms with Crippen LogP contribution in [0, 0.1) is 0 Å². The minimum absolute atomic E-state index is 0.00162. The van der Waals surface area contributed by atoms with Crippen molar-refractivity contribution >= 4 is 34.8 Å². The molecule has 5 heteroatoms. The first kappa shape index (κ1) is 12.1. The van der Waals surface area contributed by atoms with Gasteiger partial charge in [-0.25, -0.2) is 0 Å². The molecule has 0 aromatic heterocycles. The molecule has 1 rings (SSSR count). The zero-order valence-electron chi connectivity index (χ0n) is 7.30. The second-order valence-electron chi connectivity index (χ2n) is 2.91. The molecule has 14 heavy (non-hydrogen) atoms. The molecule has 1 aromatic rings.